The standard InChI is InChI=1S/C2N4/c1-3-5-6-4-2. The lowest BCUT2D eigenvalue weighted by molar-refractivity contribution is 1.22. The average molecular weight is 80.0 g/mol. The predicted molar refractivity (Wildman–Crippen MR) is 18.1 cm³/mol. The van der Waals surface area contributed by atoms with E-state index >= 15 is 0 Å². The molecule has 4 nitrogen and oxygen atoms in total. The maximum absolute atomic E-state index is 5.93. The molecule has 0 aliphatic rings. The second-order valence-corrected chi connectivity index (χ2v) is 0.379. The highest BCUT2D eigenvalue weighted by Gasteiger charge is 1.76. The summed E-state index contributed by atoms with van der Waals surface area (Å²) < 4.78 is 0. The van der Waals surface area contributed by atoms with Crippen LogP contribution < -0.4 is 0 Å². The largest absolute Gasteiger partial charge is 0.476 e. The van der Waals surface area contributed by atoms with E-state index in [4.69, 9.17) is 13.1 Å². The molecule has 0 fully saturated rings. The maximum atomic E-state index is 5.93. The third-order valence-electron chi connectivity index (χ3n) is 0.129. The first-order valence-electron chi connectivity index (χ1n) is 1.05. The molecule has 0 amide bonds. The van der Waals surface area contributed by atoms with Crippen LogP contribution in [0.5, 0.6) is 0 Å². The normalized spacial score (nSPS) is 7.00. The molecular weight excluding hydrogens is 80.0 g/mol. The van der Waals surface area contributed by atoms with Crippen LogP contribution in [0, 0.1) is 13.1 Å². The minimum Gasteiger partial charge on any atom is -0.316 e. The van der Waals surface area contributed by atoms with Crippen molar-refractivity contribution in [3.63, 3.8) is 0 Å². The summed E-state index contributed by atoms with van der Waals surface area (Å²) in [5.41, 5.74) is 0. The third kappa shape index (κ3) is 2.58. The van der Waals surface area contributed by atoms with Crippen LogP contribution >= 0.6 is 0 Å². The van der Waals surface area contributed by atoms with Gasteiger partial charge in [0.2, 0.25) is 0 Å². The van der Waals surface area contributed by atoms with E-state index in [1.807, 2.05) is 0 Å². The fraction of sp³-hybridized carbons (Fsp3) is 0. The van der Waals surface area contributed by atoms with Crippen molar-refractivity contribution in [2.75, 3.05) is 0 Å². The van der Waals surface area contributed by atoms with E-state index < -0.39 is 0 Å². The Kier molecular flexibility index (Phi) is 2.73. The molecule has 28 valence electrons. The van der Waals surface area contributed by atoms with Gasteiger partial charge in [0, 0.05) is 0 Å². The summed E-state index contributed by atoms with van der Waals surface area (Å²) in [4.78, 5) is 4.84. The average Bonchev–Trinajstić information content (AvgIpc) is 1.61. The van der Waals surface area contributed by atoms with Crippen molar-refractivity contribution < 1.29 is 0 Å². The van der Waals surface area contributed by atoms with Crippen molar-refractivity contribution >= 4 is 0 Å². The van der Waals surface area contributed by atoms with Crippen LogP contribution in [0.3, 0.4) is 0 Å². The van der Waals surface area contributed by atoms with Gasteiger partial charge >= 0.3 is 10.4 Å². The van der Waals surface area contributed by atoms with Gasteiger partial charge in [0.1, 0.15) is 0 Å². The highest BCUT2D eigenvalue weighted by atomic mass is 15.5. The molecule has 4 heteroatoms. The molecule has 0 aromatic rings. The second kappa shape index (κ2) is 3.58. The minimum absolute atomic E-state index is 2.42. The molecule has 6 heavy (non-hydrogen) atoms. The highest BCUT2D eigenvalue weighted by Crippen LogP contribution is 1.71. The summed E-state index contributed by atoms with van der Waals surface area (Å²) in [5, 5.41) is 5.31. The number of nitrogens with zero attached hydrogens (tertiary/aromatic N) is 4. The fourth-order valence-corrected chi connectivity index (χ4v) is 0.0400. The van der Waals surface area contributed by atoms with Crippen molar-refractivity contribution in [2.24, 2.45) is 10.4 Å². The molecule has 0 aliphatic carbocycles. The van der Waals surface area contributed by atoms with Gasteiger partial charge in [-0.05, 0) is 0 Å². The molecule has 0 aromatic carbocycles. The monoisotopic (exact) mass is 80.0 g/mol. The van der Waals surface area contributed by atoms with Crippen molar-refractivity contribution in [3.8, 4) is 0 Å². The van der Waals surface area contributed by atoms with Crippen LogP contribution in [0.4, 0.5) is 0 Å². The van der Waals surface area contributed by atoms with Crippen LogP contribution in [0.2, 0.25) is 0 Å². The lowest BCUT2D eigenvalue weighted by Crippen LogP contribution is -1.28. The van der Waals surface area contributed by atoms with E-state index in [2.05, 4.69) is 20.4 Å². The second-order valence-electron chi connectivity index (χ2n) is 0.379. The van der Waals surface area contributed by atoms with Gasteiger partial charge < -0.3 is 13.1 Å². The lowest BCUT2D eigenvalue weighted by atomic mass is 11.8. The van der Waals surface area contributed by atoms with Gasteiger partial charge in [-0.3, -0.25) is 0 Å². The van der Waals surface area contributed by atoms with Gasteiger partial charge in [-0.25, -0.2) is 0 Å². The molecule has 0 spiro atoms. The first kappa shape index (κ1) is 4.58. The molecule has 0 N–H and O–H groups in total. The summed E-state index contributed by atoms with van der Waals surface area (Å²) in [5.74, 6) is 0. The van der Waals surface area contributed by atoms with Gasteiger partial charge in [0.05, 0.1) is 0 Å². The molecule has 0 rings (SSSR count). The van der Waals surface area contributed by atoms with Crippen molar-refractivity contribution in [1.82, 2.24) is 0 Å². The van der Waals surface area contributed by atoms with Crippen LogP contribution in [-0.2, 0) is 0 Å². The number of hydrogen-bond acceptors (Lipinski definition) is 2. The molecule has 0 aliphatic heterocycles. The van der Waals surface area contributed by atoms with Crippen molar-refractivity contribution in [3.05, 3.63) is 23.1 Å². The summed E-state index contributed by atoms with van der Waals surface area (Å²) >= 11 is 0. The minimum atomic E-state index is 2.42. The fourth-order valence-electron chi connectivity index (χ4n) is 0.0400. The summed E-state index contributed by atoms with van der Waals surface area (Å²) in [7, 11) is 0. The molecule has 0 saturated heterocycles. The SMILES string of the molecule is [C-]#[N+]N=N[N+]#[C-]. The molecule has 0 saturated carbocycles. The van der Waals surface area contributed by atoms with Gasteiger partial charge in [-0.15, -0.1) is 0 Å². The Balaban J connectivity index is 3.36. The van der Waals surface area contributed by atoms with E-state index in [1.54, 1.807) is 0 Å². The van der Waals surface area contributed by atoms with E-state index in [0.717, 1.165) is 0 Å². The zero-order valence-electron chi connectivity index (χ0n) is 2.79. The van der Waals surface area contributed by atoms with Gasteiger partial charge in [-0.2, -0.15) is 9.91 Å². The Hall–Kier alpha value is -1.42. The summed E-state index contributed by atoms with van der Waals surface area (Å²) in [6.45, 7) is 11.9. The molecule has 0 heterocycles. The van der Waals surface area contributed by atoms with Gasteiger partial charge in [0.15, 0.2) is 0 Å². The number of hydrogen-bond donors (Lipinski definition) is 0. The molecule has 0 bridgehead atoms. The van der Waals surface area contributed by atoms with Crippen molar-refractivity contribution in [2.45, 2.75) is 0 Å². The zero-order valence-corrected chi connectivity index (χ0v) is 2.79. The Morgan fingerprint density at radius 1 is 1.00 bits per heavy atom. The lowest BCUT2D eigenvalue weighted by Gasteiger charge is -1.36. The summed E-state index contributed by atoms with van der Waals surface area (Å²) in [6, 6.07) is 0. The Labute approximate surface area is 34.7 Å². The first-order chi connectivity index (χ1) is 2.91. The van der Waals surface area contributed by atoms with Gasteiger partial charge in [0.25, 0.3) is 0 Å². The van der Waals surface area contributed by atoms with E-state index in [9.17, 15) is 0 Å². The van der Waals surface area contributed by atoms with Crippen LogP contribution in [0.25, 0.3) is 9.91 Å². The Morgan fingerprint density at radius 3 is 1.50 bits per heavy atom. The van der Waals surface area contributed by atoms with Crippen molar-refractivity contribution in [1.29, 1.82) is 0 Å². The van der Waals surface area contributed by atoms with Crippen LogP contribution in [0.15, 0.2) is 10.4 Å². The predicted octanol–water partition coefficient (Wildman–Crippen LogP) is 1.11. The zero-order chi connectivity index (χ0) is 4.83. The van der Waals surface area contributed by atoms with Crippen LogP contribution in [-0.4, -0.2) is 0 Å². The molecule has 0 unspecified atom stereocenters. The highest BCUT2D eigenvalue weighted by molar-refractivity contribution is 4.42. The Bertz CT molecular complexity index is 105. The Morgan fingerprint density at radius 2 is 1.33 bits per heavy atom. The first-order valence-corrected chi connectivity index (χ1v) is 1.05. The van der Waals surface area contributed by atoms with E-state index in [-0.39, 0.29) is 0 Å². The molecular formula is C2N4. The van der Waals surface area contributed by atoms with Crippen LogP contribution in [0.1, 0.15) is 0 Å². The van der Waals surface area contributed by atoms with Gasteiger partial charge in [-0.1, -0.05) is 0 Å². The number of rotatable bonds is 0. The smallest absolute Gasteiger partial charge is 0.316 e. The topological polar surface area (TPSA) is 33.4 Å². The molecule has 0 atom stereocenters. The third-order valence-corrected chi connectivity index (χ3v) is 0.129. The van der Waals surface area contributed by atoms with E-state index in [0.29, 0.717) is 0 Å². The quantitative estimate of drug-likeness (QED) is 0.237. The molecule has 0 radical (unpaired) electrons. The maximum Gasteiger partial charge on any atom is 0.476 e. The summed E-state index contributed by atoms with van der Waals surface area (Å²) in [6.07, 6.45) is 0. The van der Waals surface area contributed by atoms with E-state index in [1.165, 1.54) is 0 Å². The molecule has 0 aromatic heterocycles.